The molecule has 3 aromatic rings. The first-order valence-corrected chi connectivity index (χ1v) is 10.3. The quantitative estimate of drug-likeness (QED) is 0.553. The number of rotatable bonds is 8. The lowest BCUT2D eigenvalue weighted by molar-refractivity contribution is -0.121. The third-order valence-corrected chi connectivity index (χ3v) is 5.26. The molecule has 0 aliphatic rings. The Hall–Kier alpha value is -3.54. The highest BCUT2D eigenvalue weighted by Crippen LogP contribution is 2.31. The molecule has 0 atom stereocenters. The smallest absolute Gasteiger partial charge is 0.340 e. The maximum Gasteiger partial charge on any atom is 0.340 e. The molecule has 0 saturated heterocycles. The summed E-state index contributed by atoms with van der Waals surface area (Å²) in [6.45, 7) is 6.26. The van der Waals surface area contributed by atoms with Crippen LogP contribution in [0.3, 0.4) is 0 Å². The number of nitrogens with zero attached hydrogens (tertiary/aromatic N) is 1. The Bertz CT molecular complexity index is 1070. The zero-order valence-electron chi connectivity index (χ0n) is 18.4. The number of methoxy groups -OCH3 is 1. The van der Waals surface area contributed by atoms with Gasteiger partial charge in [-0.1, -0.05) is 48.5 Å². The number of para-hydroxylation sites is 1. The summed E-state index contributed by atoms with van der Waals surface area (Å²) in [7, 11) is 1.61. The second-order valence-electron chi connectivity index (χ2n) is 7.20. The van der Waals surface area contributed by atoms with E-state index in [2.05, 4.69) is 5.32 Å². The molecule has 0 radical (unpaired) electrons. The van der Waals surface area contributed by atoms with Crippen molar-refractivity contribution in [2.75, 3.05) is 13.7 Å². The van der Waals surface area contributed by atoms with E-state index in [9.17, 15) is 9.59 Å². The lowest BCUT2D eigenvalue weighted by Crippen LogP contribution is -2.28. The molecular formula is C25H28N2O4. The van der Waals surface area contributed by atoms with Crippen LogP contribution >= 0.6 is 0 Å². The SMILES string of the molecule is CCOC(=O)c1c(C)c(-c2ccccc2)n(CC(=O)NCc2ccccc2OC)c1C. The maximum atomic E-state index is 12.8. The van der Waals surface area contributed by atoms with Crippen molar-refractivity contribution in [1.82, 2.24) is 9.88 Å². The number of nitrogens with one attached hydrogen (secondary N) is 1. The van der Waals surface area contributed by atoms with Gasteiger partial charge in [0.15, 0.2) is 0 Å². The molecule has 0 aliphatic carbocycles. The number of hydrogen-bond donors (Lipinski definition) is 1. The molecule has 1 heterocycles. The van der Waals surface area contributed by atoms with Gasteiger partial charge in [0.2, 0.25) is 5.91 Å². The zero-order chi connectivity index (χ0) is 22.4. The predicted octanol–water partition coefficient (Wildman–Crippen LogP) is 4.27. The monoisotopic (exact) mass is 420 g/mol. The Kier molecular flexibility index (Phi) is 7.13. The number of aromatic nitrogens is 1. The van der Waals surface area contributed by atoms with Gasteiger partial charge >= 0.3 is 5.97 Å². The van der Waals surface area contributed by atoms with Crippen LogP contribution in [0, 0.1) is 13.8 Å². The van der Waals surface area contributed by atoms with E-state index >= 15 is 0 Å². The van der Waals surface area contributed by atoms with Gasteiger partial charge in [0, 0.05) is 17.8 Å². The van der Waals surface area contributed by atoms with E-state index in [0.29, 0.717) is 24.4 Å². The highest BCUT2D eigenvalue weighted by Gasteiger charge is 2.25. The van der Waals surface area contributed by atoms with Gasteiger partial charge in [0.05, 0.1) is 25.0 Å². The standard InChI is InChI=1S/C25H28N2O4/c1-5-31-25(29)23-17(2)24(19-11-7-6-8-12-19)27(18(23)3)16-22(28)26-15-20-13-9-10-14-21(20)30-4/h6-14H,5,15-16H2,1-4H3,(H,26,28). The van der Waals surface area contributed by atoms with Crippen molar-refractivity contribution in [2.24, 2.45) is 0 Å². The maximum absolute atomic E-state index is 12.8. The third kappa shape index (κ3) is 4.79. The molecule has 0 spiro atoms. The van der Waals surface area contributed by atoms with Crippen LogP contribution in [-0.2, 0) is 22.6 Å². The molecular weight excluding hydrogens is 392 g/mol. The Morgan fingerprint density at radius 3 is 2.35 bits per heavy atom. The molecule has 0 saturated carbocycles. The Labute approximate surface area is 182 Å². The summed E-state index contributed by atoms with van der Waals surface area (Å²) in [5.41, 5.74) is 4.71. The molecule has 0 unspecified atom stereocenters. The van der Waals surface area contributed by atoms with Gasteiger partial charge in [-0.2, -0.15) is 0 Å². The van der Waals surface area contributed by atoms with E-state index in [4.69, 9.17) is 9.47 Å². The molecule has 1 aromatic heterocycles. The van der Waals surface area contributed by atoms with Crippen molar-refractivity contribution in [3.63, 3.8) is 0 Å². The highest BCUT2D eigenvalue weighted by atomic mass is 16.5. The number of amides is 1. The van der Waals surface area contributed by atoms with Gasteiger partial charge in [-0.25, -0.2) is 4.79 Å². The summed E-state index contributed by atoms with van der Waals surface area (Å²) in [5.74, 6) is 0.199. The number of ether oxygens (including phenoxy) is 2. The van der Waals surface area contributed by atoms with Crippen molar-refractivity contribution >= 4 is 11.9 Å². The van der Waals surface area contributed by atoms with Crippen molar-refractivity contribution in [2.45, 2.75) is 33.9 Å². The van der Waals surface area contributed by atoms with Crippen LogP contribution in [0.5, 0.6) is 5.75 Å². The van der Waals surface area contributed by atoms with Gasteiger partial charge in [-0.15, -0.1) is 0 Å². The summed E-state index contributed by atoms with van der Waals surface area (Å²) >= 11 is 0. The van der Waals surface area contributed by atoms with Crippen molar-refractivity contribution in [3.05, 3.63) is 77.0 Å². The van der Waals surface area contributed by atoms with Gasteiger partial charge in [0.1, 0.15) is 12.3 Å². The molecule has 0 bridgehead atoms. The van der Waals surface area contributed by atoms with E-state index in [0.717, 1.165) is 28.1 Å². The summed E-state index contributed by atoms with van der Waals surface area (Å²) in [6.07, 6.45) is 0. The molecule has 1 N–H and O–H groups in total. The van der Waals surface area contributed by atoms with E-state index in [-0.39, 0.29) is 18.4 Å². The first-order valence-electron chi connectivity index (χ1n) is 10.3. The fourth-order valence-corrected chi connectivity index (χ4v) is 3.81. The van der Waals surface area contributed by atoms with Crippen LogP contribution < -0.4 is 10.1 Å². The molecule has 31 heavy (non-hydrogen) atoms. The van der Waals surface area contributed by atoms with Gasteiger partial charge in [-0.3, -0.25) is 4.79 Å². The lowest BCUT2D eigenvalue weighted by atomic mass is 10.1. The van der Waals surface area contributed by atoms with Crippen LogP contribution in [0.4, 0.5) is 0 Å². The van der Waals surface area contributed by atoms with E-state index in [1.54, 1.807) is 14.0 Å². The topological polar surface area (TPSA) is 69.6 Å². The van der Waals surface area contributed by atoms with Crippen LogP contribution in [0.15, 0.2) is 54.6 Å². The Morgan fingerprint density at radius 2 is 1.68 bits per heavy atom. The Morgan fingerprint density at radius 1 is 1.00 bits per heavy atom. The molecule has 2 aromatic carbocycles. The fourth-order valence-electron chi connectivity index (χ4n) is 3.81. The van der Waals surface area contributed by atoms with Crippen molar-refractivity contribution in [3.8, 4) is 17.0 Å². The Balaban J connectivity index is 1.91. The molecule has 6 nitrogen and oxygen atoms in total. The molecule has 1 amide bonds. The molecule has 6 heteroatoms. The second kappa shape index (κ2) is 9.98. The third-order valence-electron chi connectivity index (χ3n) is 5.26. The largest absolute Gasteiger partial charge is 0.496 e. The summed E-state index contributed by atoms with van der Waals surface area (Å²) in [5, 5.41) is 2.96. The van der Waals surface area contributed by atoms with Crippen LogP contribution in [0.25, 0.3) is 11.3 Å². The number of carbonyl (C=O) groups is 2. The molecule has 0 aliphatic heterocycles. The van der Waals surface area contributed by atoms with Crippen molar-refractivity contribution < 1.29 is 19.1 Å². The number of carbonyl (C=O) groups excluding carboxylic acids is 2. The van der Waals surface area contributed by atoms with Gasteiger partial charge in [0.25, 0.3) is 0 Å². The number of benzene rings is 2. The summed E-state index contributed by atoms with van der Waals surface area (Å²) in [6, 6.07) is 17.3. The first-order chi connectivity index (χ1) is 15.0. The first kappa shape index (κ1) is 22.2. The lowest BCUT2D eigenvalue weighted by Gasteiger charge is -2.14. The summed E-state index contributed by atoms with van der Waals surface area (Å²) < 4.78 is 12.5. The number of hydrogen-bond acceptors (Lipinski definition) is 4. The molecule has 0 fully saturated rings. The van der Waals surface area contributed by atoms with E-state index in [1.165, 1.54) is 0 Å². The van der Waals surface area contributed by atoms with Gasteiger partial charge < -0.3 is 19.4 Å². The van der Waals surface area contributed by atoms with Gasteiger partial charge in [-0.05, 0) is 38.0 Å². The van der Waals surface area contributed by atoms with Crippen LogP contribution in [0.2, 0.25) is 0 Å². The van der Waals surface area contributed by atoms with Crippen LogP contribution in [0.1, 0.15) is 34.1 Å². The average Bonchev–Trinajstić information content (AvgIpc) is 3.02. The minimum Gasteiger partial charge on any atom is -0.496 e. The second-order valence-corrected chi connectivity index (χ2v) is 7.20. The highest BCUT2D eigenvalue weighted by molar-refractivity contribution is 5.95. The fraction of sp³-hybridized carbons (Fsp3) is 0.280. The normalized spacial score (nSPS) is 10.6. The molecule has 3 rings (SSSR count). The van der Waals surface area contributed by atoms with Crippen LogP contribution in [-0.4, -0.2) is 30.2 Å². The minimum absolute atomic E-state index is 0.0887. The predicted molar refractivity (Wildman–Crippen MR) is 120 cm³/mol. The van der Waals surface area contributed by atoms with Crippen molar-refractivity contribution in [1.29, 1.82) is 0 Å². The van der Waals surface area contributed by atoms with E-state index in [1.807, 2.05) is 73.0 Å². The number of esters is 1. The summed E-state index contributed by atoms with van der Waals surface area (Å²) in [4.78, 5) is 25.4. The minimum atomic E-state index is -0.372. The zero-order valence-corrected chi connectivity index (χ0v) is 18.4. The average molecular weight is 421 g/mol. The molecule has 162 valence electrons. The van der Waals surface area contributed by atoms with E-state index < -0.39 is 0 Å².